The number of benzene rings is 1. The van der Waals surface area contributed by atoms with Crippen molar-refractivity contribution in [3.8, 4) is 0 Å². The van der Waals surface area contributed by atoms with E-state index in [1.807, 2.05) is 0 Å². The highest BCUT2D eigenvalue weighted by Gasteiger charge is 2.16. The van der Waals surface area contributed by atoms with Gasteiger partial charge in [0.1, 0.15) is 5.82 Å². The van der Waals surface area contributed by atoms with E-state index in [1.54, 1.807) is 6.07 Å². The quantitative estimate of drug-likeness (QED) is 0.773. The van der Waals surface area contributed by atoms with E-state index in [0.717, 1.165) is 9.13 Å². The van der Waals surface area contributed by atoms with Crippen LogP contribution in [0.1, 0.15) is 15.9 Å². The van der Waals surface area contributed by atoms with Crippen LogP contribution >= 0.6 is 0 Å². The monoisotopic (exact) mass is 276 g/mol. The van der Waals surface area contributed by atoms with Crippen LogP contribution in [0.2, 0.25) is 0 Å². The predicted octanol–water partition coefficient (Wildman–Crippen LogP) is 0.648. The summed E-state index contributed by atoms with van der Waals surface area (Å²) in [5, 5.41) is 0. The van der Waals surface area contributed by atoms with Crippen LogP contribution in [0, 0.1) is 5.82 Å². The summed E-state index contributed by atoms with van der Waals surface area (Å²) in [5.41, 5.74) is -1.10. The van der Waals surface area contributed by atoms with E-state index in [9.17, 15) is 18.8 Å². The lowest BCUT2D eigenvalue weighted by molar-refractivity contribution is 0.0989. The lowest BCUT2D eigenvalue weighted by Crippen LogP contribution is -2.39. The average molecular weight is 276 g/mol. The van der Waals surface area contributed by atoms with Crippen molar-refractivity contribution in [1.82, 2.24) is 9.13 Å². The molecule has 0 unspecified atom stereocenters. The molecule has 0 N–H and O–H groups in total. The van der Waals surface area contributed by atoms with E-state index in [4.69, 9.17) is 0 Å². The summed E-state index contributed by atoms with van der Waals surface area (Å²) in [5.74, 6) is -1.02. The van der Waals surface area contributed by atoms with Crippen molar-refractivity contribution in [2.75, 3.05) is 0 Å². The lowest BCUT2D eigenvalue weighted by Gasteiger charge is -2.06. The zero-order valence-corrected chi connectivity index (χ0v) is 11.1. The number of carbonyl (C=O) groups is 1. The standard InChI is InChI=1S/C14H13FN2O3/c1-16-8-10(13(19)17(2)14(16)20)12(18)7-9-5-3-4-6-11(9)15/h3-6,8H,7H2,1-2H3. The highest BCUT2D eigenvalue weighted by molar-refractivity contribution is 5.96. The van der Waals surface area contributed by atoms with Crippen LogP contribution < -0.4 is 11.2 Å². The first-order valence-corrected chi connectivity index (χ1v) is 5.95. The first-order chi connectivity index (χ1) is 9.41. The maximum absolute atomic E-state index is 13.5. The molecular formula is C14H13FN2O3. The van der Waals surface area contributed by atoms with Crippen molar-refractivity contribution in [1.29, 1.82) is 0 Å². The van der Waals surface area contributed by atoms with E-state index in [2.05, 4.69) is 0 Å². The molecule has 0 radical (unpaired) electrons. The summed E-state index contributed by atoms with van der Waals surface area (Å²) in [7, 11) is 2.74. The Labute approximate surface area is 113 Å². The molecule has 5 nitrogen and oxygen atoms in total. The van der Waals surface area contributed by atoms with Crippen LogP contribution in [-0.2, 0) is 20.5 Å². The Hall–Kier alpha value is -2.50. The fourth-order valence-electron chi connectivity index (χ4n) is 1.91. The molecule has 0 aliphatic heterocycles. The molecule has 6 heteroatoms. The number of aromatic nitrogens is 2. The number of Topliss-reactive ketones (excluding diaryl/α,β-unsaturated/α-hetero) is 1. The second-order valence-electron chi connectivity index (χ2n) is 4.49. The normalized spacial score (nSPS) is 10.6. The molecule has 0 saturated carbocycles. The summed E-state index contributed by atoms with van der Waals surface area (Å²) in [6.45, 7) is 0. The first kappa shape index (κ1) is 13.9. The van der Waals surface area contributed by atoms with Crippen LogP contribution in [0.4, 0.5) is 4.39 Å². The first-order valence-electron chi connectivity index (χ1n) is 5.95. The number of hydrogen-bond acceptors (Lipinski definition) is 3. The molecule has 1 aromatic heterocycles. The van der Waals surface area contributed by atoms with Crippen LogP contribution in [0.15, 0.2) is 40.1 Å². The zero-order chi connectivity index (χ0) is 14.9. The average Bonchev–Trinajstić information content (AvgIpc) is 2.43. The SMILES string of the molecule is Cn1cc(C(=O)Cc2ccccc2F)c(=O)n(C)c1=O. The van der Waals surface area contributed by atoms with Gasteiger partial charge in [0.15, 0.2) is 5.78 Å². The molecule has 0 bridgehead atoms. The Kier molecular flexibility index (Phi) is 3.65. The van der Waals surface area contributed by atoms with Gasteiger partial charge in [-0.05, 0) is 11.6 Å². The van der Waals surface area contributed by atoms with Gasteiger partial charge in [-0.1, -0.05) is 18.2 Å². The predicted molar refractivity (Wildman–Crippen MR) is 71.4 cm³/mol. The molecule has 0 aliphatic rings. The van der Waals surface area contributed by atoms with Crippen molar-refractivity contribution < 1.29 is 9.18 Å². The van der Waals surface area contributed by atoms with E-state index < -0.39 is 22.8 Å². The van der Waals surface area contributed by atoms with Gasteiger partial charge in [-0.3, -0.25) is 14.2 Å². The number of rotatable bonds is 3. The highest BCUT2D eigenvalue weighted by atomic mass is 19.1. The molecule has 104 valence electrons. The summed E-state index contributed by atoms with van der Waals surface area (Å²) >= 11 is 0. The van der Waals surface area contributed by atoms with Crippen LogP contribution in [-0.4, -0.2) is 14.9 Å². The van der Waals surface area contributed by atoms with Crippen molar-refractivity contribution >= 4 is 5.78 Å². The number of nitrogens with zero attached hydrogens (tertiary/aromatic N) is 2. The fourth-order valence-corrected chi connectivity index (χ4v) is 1.91. The zero-order valence-electron chi connectivity index (χ0n) is 11.1. The summed E-state index contributed by atoms with van der Waals surface area (Å²) in [6.07, 6.45) is 0.966. The van der Waals surface area contributed by atoms with Crippen LogP contribution in [0.3, 0.4) is 0 Å². The number of halogens is 1. The molecule has 1 aromatic carbocycles. The minimum absolute atomic E-state index is 0.127. The van der Waals surface area contributed by atoms with Gasteiger partial charge in [-0.2, -0.15) is 0 Å². The van der Waals surface area contributed by atoms with Crippen LogP contribution in [0.25, 0.3) is 0 Å². The smallest absolute Gasteiger partial charge is 0.303 e. The van der Waals surface area contributed by atoms with Crippen molar-refractivity contribution in [2.45, 2.75) is 6.42 Å². The van der Waals surface area contributed by atoms with Gasteiger partial charge < -0.3 is 4.57 Å². The van der Waals surface area contributed by atoms with Gasteiger partial charge in [0.2, 0.25) is 0 Å². The molecular weight excluding hydrogens is 263 g/mol. The molecule has 1 heterocycles. The number of hydrogen-bond donors (Lipinski definition) is 0. The topological polar surface area (TPSA) is 61.1 Å². The minimum Gasteiger partial charge on any atom is -0.303 e. The number of aryl methyl sites for hydroxylation is 1. The molecule has 0 spiro atoms. The van der Waals surface area contributed by atoms with E-state index in [-0.39, 0.29) is 17.5 Å². The summed E-state index contributed by atoms with van der Waals surface area (Å²) in [4.78, 5) is 35.5. The van der Waals surface area contributed by atoms with E-state index >= 15 is 0 Å². The third kappa shape index (κ3) is 2.45. The molecule has 0 amide bonds. The molecule has 0 saturated heterocycles. The molecule has 2 rings (SSSR count). The van der Waals surface area contributed by atoms with Gasteiger partial charge in [0, 0.05) is 26.7 Å². The number of ketones is 1. The van der Waals surface area contributed by atoms with E-state index in [0.29, 0.717) is 0 Å². The van der Waals surface area contributed by atoms with Gasteiger partial charge in [-0.25, -0.2) is 9.18 Å². The van der Waals surface area contributed by atoms with Crippen molar-refractivity contribution in [2.24, 2.45) is 14.1 Å². The molecule has 0 fully saturated rings. The Balaban J connectivity index is 2.43. The Bertz CT molecular complexity index is 790. The fraction of sp³-hybridized carbons (Fsp3) is 0.214. The Morgan fingerprint density at radius 2 is 1.85 bits per heavy atom. The summed E-state index contributed by atoms with van der Waals surface area (Å²) < 4.78 is 15.5. The third-order valence-electron chi connectivity index (χ3n) is 3.06. The van der Waals surface area contributed by atoms with Gasteiger partial charge >= 0.3 is 5.69 Å². The number of carbonyl (C=O) groups excluding carboxylic acids is 1. The maximum Gasteiger partial charge on any atom is 0.330 e. The minimum atomic E-state index is -0.672. The largest absolute Gasteiger partial charge is 0.330 e. The maximum atomic E-state index is 13.5. The molecule has 2 aromatic rings. The Morgan fingerprint density at radius 3 is 2.50 bits per heavy atom. The van der Waals surface area contributed by atoms with Crippen molar-refractivity contribution in [3.05, 3.63) is 68.2 Å². The van der Waals surface area contributed by atoms with Crippen LogP contribution in [0.5, 0.6) is 0 Å². The highest BCUT2D eigenvalue weighted by Crippen LogP contribution is 2.09. The summed E-state index contributed by atoms with van der Waals surface area (Å²) in [6, 6.07) is 5.88. The molecule has 20 heavy (non-hydrogen) atoms. The second kappa shape index (κ2) is 5.24. The molecule has 0 atom stereocenters. The van der Waals surface area contributed by atoms with E-state index in [1.165, 1.54) is 38.5 Å². The third-order valence-corrected chi connectivity index (χ3v) is 3.06. The second-order valence-corrected chi connectivity index (χ2v) is 4.49. The van der Waals surface area contributed by atoms with Gasteiger partial charge in [-0.15, -0.1) is 0 Å². The lowest BCUT2D eigenvalue weighted by atomic mass is 10.0. The van der Waals surface area contributed by atoms with Gasteiger partial charge in [0.25, 0.3) is 5.56 Å². The van der Waals surface area contributed by atoms with Gasteiger partial charge in [0.05, 0.1) is 5.56 Å². The van der Waals surface area contributed by atoms with Crippen molar-refractivity contribution in [3.63, 3.8) is 0 Å². The Morgan fingerprint density at radius 1 is 1.20 bits per heavy atom. The molecule has 0 aliphatic carbocycles.